The molecule has 0 unspecified atom stereocenters. The first-order valence-electron chi connectivity index (χ1n) is 6.79. The van der Waals surface area contributed by atoms with E-state index in [0.717, 1.165) is 19.4 Å². The van der Waals surface area contributed by atoms with Gasteiger partial charge in [0.25, 0.3) is 0 Å². The Labute approximate surface area is 113 Å². The summed E-state index contributed by atoms with van der Waals surface area (Å²) in [5, 5.41) is 5.85. The minimum atomic E-state index is -0.143. The van der Waals surface area contributed by atoms with Gasteiger partial charge >= 0.3 is 6.03 Å². The number of aromatic nitrogens is 2. The highest BCUT2D eigenvalue weighted by atomic mass is 16.5. The molecule has 1 fully saturated rings. The van der Waals surface area contributed by atoms with Crippen molar-refractivity contribution >= 4 is 6.03 Å². The molecule has 19 heavy (non-hydrogen) atoms. The van der Waals surface area contributed by atoms with Crippen molar-refractivity contribution < 1.29 is 9.53 Å². The van der Waals surface area contributed by atoms with E-state index in [2.05, 4.69) is 15.6 Å². The largest absolute Gasteiger partial charge is 0.376 e. The van der Waals surface area contributed by atoms with Crippen molar-refractivity contribution in [3.8, 4) is 0 Å². The molecule has 6 heteroatoms. The fourth-order valence-corrected chi connectivity index (χ4v) is 2.32. The van der Waals surface area contributed by atoms with Gasteiger partial charge in [-0.05, 0) is 26.7 Å². The summed E-state index contributed by atoms with van der Waals surface area (Å²) in [7, 11) is 0. The predicted molar refractivity (Wildman–Crippen MR) is 71.8 cm³/mol. The van der Waals surface area contributed by atoms with Crippen molar-refractivity contribution in [1.82, 2.24) is 20.2 Å². The summed E-state index contributed by atoms with van der Waals surface area (Å²) in [4.78, 5) is 15.8. The van der Waals surface area contributed by atoms with E-state index in [9.17, 15) is 4.79 Å². The molecule has 1 aliphatic heterocycles. The van der Waals surface area contributed by atoms with Crippen LogP contribution in [0, 0.1) is 0 Å². The third-order valence-corrected chi connectivity index (χ3v) is 3.30. The van der Waals surface area contributed by atoms with Crippen molar-refractivity contribution in [1.29, 1.82) is 0 Å². The van der Waals surface area contributed by atoms with Crippen LogP contribution in [0.25, 0.3) is 0 Å². The van der Waals surface area contributed by atoms with Crippen LogP contribution in [0.15, 0.2) is 18.7 Å². The quantitative estimate of drug-likeness (QED) is 0.839. The molecule has 1 aromatic heterocycles. The van der Waals surface area contributed by atoms with Gasteiger partial charge in [-0.3, -0.25) is 0 Å². The second kappa shape index (κ2) is 6.56. The lowest BCUT2D eigenvalue weighted by Gasteiger charge is -2.22. The molecule has 2 rings (SSSR count). The SMILES string of the molecule is C[C@H](Cn1ccnc1)NC(=O)N[C@H](C)[C@H]1CCCO1. The number of urea groups is 1. The molecule has 1 aliphatic rings. The van der Waals surface area contributed by atoms with Gasteiger partial charge in [0, 0.05) is 31.6 Å². The molecule has 6 nitrogen and oxygen atoms in total. The van der Waals surface area contributed by atoms with Crippen LogP contribution >= 0.6 is 0 Å². The average molecular weight is 266 g/mol. The second-order valence-corrected chi connectivity index (χ2v) is 5.12. The third-order valence-electron chi connectivity index (χ3n) is 3.30. The Morgan fingerprint density at radius 1 is 1.53 bits per heavy atom. The topological polar surface area (TPSA) is 68.2 Å². The molecule has 0 bridgehead atoms. The maximum Gasteiger partial charge on any atom is 0.315 e. The van der Waals surface area contributed by atoms with Gasteiger partial charge in [0.2, 0.25) is 0 Å². The molecule has 0 saturated carbocycles. The molecule has 0 aliphatic carbocycles. The van der Waals surface area contributed by atoms with Gasteiger partial charge in [-0.25, -0.2) is 9.78 Å². The van der Waals surface area contributed by atoms with Crippen LogP contribution in [-0.2, 0) is 11.3 Å². The van der Waals surface area contributed by atoms with Crippen LogP contribution in [0.2, 0.25) is 0 Å². The average Bonchev–Trinajstić information content (AvgIpc) is 3.00. The molecule has 0 spiro atoms. The van der Waals surface area contributed by atoms with Crippen molar-refractivity contribution in [2.45, 2.75) is 51.4 Å². The van der Waals surface area contributed by atoms with E-state index in [-0.39, 0.29) is 24.2 Å². The van der Waals surface area contributed by atoms with Crippen LogP contribution in [0.4, 0.5) is 4.79 Å². The summed E-state index contributed by atoms with van der Waals surface area (Å²) in [6.45, 7) is 5.46. The van der Waals surface area contributed by atoms with Crippen molar-refractivity contribution in [2.75, 3.05) is 6.61 Å². The van der Waals surface area contributed by atoms with Gasteiger partial charge in [-0.2, -0.15) is 0 Å². The highest BCUT2D eigenvalue weighted by molar-refractivity contribution is 5.74. The van der Waals surface area contributed by atoms with E-state index in [1.165, 1.54) is 0 Å². The van der Waals surface area contributed by atoms with Gasteiger partial charge in [0.05, 0.1) is 18.5 Å². The molecule has 1 saturated heterocycles. The van der Waals surface area contributed by atoms with E-state index in [1.54, 1.807) is 12.5 Å². The Bertz CT molecular complexity index is 387. The monoisotopic (exact) mass is 266 g/mol. The molecule has 3 atom stereocenters. The summed E-state index contributed by atoms with van der Waals surface area (Å²) >= 11 is 0. The number of ether oxygens (including phenoxy) is 1. The number of amides is 2. The number of carbonyl (C=O) groups excluding carboxylic acids is 1. The zero-order chi connectivity index (χ0) is 13.7. The van der Waals surface area contributed by atoms with Crippen LogP contribution in [0.1, 0.15) is 26.7 Å². The number of hydrogen-bond acceptors (Lipinski definition) is 3. The Morgan fingerprint density at radius 2 is 2.37 bits per heavy atom. The standard InChI is InChI=1S/C13H22N4O2/c1-10(8-17-6-5-14-9-17)15-13(18)16-11(2)12-4-3-7-19-12/h5-6,9-12H,3-4,7-8H2,1-2H3,(H2,15,16,18)/t10-,11-,12-/m1/s1. The summed E-state index contributed by atoms with van der Waals surface area (Å²) in [5.74, 6) is 0. The van der Waals surface area contributed by atoms with E-state index in [0.29, 0.717) is 6.54 Å². The number of nitrogens with one attached hydrogen (secondary N) is 2. The Morgan fingerprint density at radius 3 is 3.00 bits per heavy atom. The molecule has 0 radical (unpaired) electrons. The molecule has 1 aromatic rings. The minimum Gasteiger partial charge on any atom is -0.376 e. The fraction of sp³-hybridized carbons (Fsp3) is 0.692. The maximum atomic E-state index is 11.8. The smallest absolute Gasteiger partial charge is 0.315 e. The zero-order valence-corrected chi connectivity index (χ0v) is 11.5. The Hall–Kier alpha value is -1.56. The normalized spacial score (nSPS) is 21.9. The maximum absolute atomic E-state index is 11.8. The lowest BCUT2D eigenvalue weighted by Crippen LogP contribution is -2.49. The van der Waals surface area contributed by atoms with Crippen LogP contribution < -0.4 is 10.6 Å². The Kier molecular flexibility index (Phi) is 4.79. The molecular formula is C13H22N4O2. The van der Waals surface area contributed by atoms with Crippen LogP contribution in [0.5, 0.6) is 0 Å². The molecular weight excluding hydrogens is 244 g/mol. The van der Waals surface area contributed by atoms with E-state index in [4.69, 9.17) is 4.74 Å². The molecule has 2 N–H and O–H groups in total. The van der Waals surface area contributed by atoms with Crippen LogP contribution in [-0.4, -0.2) is 40.4 Å². The molecule has 2 heterocycles. The first-order chi connectivity index (χ1) is 9.15. The molecule has 106 valence electrons. The summed E-state index contributed by atoms with van der Waals surface area (Å²) in [6.07, 6.45) is 7.60. The van der Waals surface area contributed by atoms with Gasteiger partial charge in [0.15, 0.2) is 0 Å². The number of rotatable bonds is 5. The third kappa shape index (κ3) is 4.24. The molecule has 2 amide bonds. The van der Waals surface area contributed by atoms with Crippen molar-refractivity contribution in [3.63, 3.8) is 0 Å². The van der Waals surface area contributed by atoms with Crippen LogP contribution in [0.3, 0.4) is 0 Å². The first kappa shape index (κ1) is 13.9. The predicted octanol–water partition coefficient (Wildman–Crippen LogP) is 1.14. The van der Waals surface area contributed by atoms with Gasteiger partial charge in [0.1, 0.15) is 0 Å². The molecule has 0 aromatic carbocycles. The lowest BCUT2D eigenvalue weighted by molar-refractivity contribution is 0.0858. The number of hydrogen-bond donors (Lipinski definition) is 2. The summed E-state index contributed by atoms with van der Waals surface area (Å²) in [5.41, 5.74) is 0. The fourth-order valence-electron chi connectivity index (χ4n) is 2.32. The van der Waals surface area contributed by atoms with Crippen molar-refractivity contribution in [3.05, 3.63) is 18.7 Å². The van der Waals surface area contributed by atoms with Crippen molar-refractivity contribution in [2.24, 2.45) is 0 Å². The minimum absolute atomic E-state index is 0.0444. The number of carbonyl (C=O) groups is 1. The first-order valence-corrected chi connectivity index (χ1v) is 6.79. The number of imidazole rings is 1. The van der Waals surface area contributed by atoms with E-state index < -0.39 is 0 Å². The summed E-state index contributed by atoms with van der Waals surface area (Å²) < 4.78 is 7.49. The highest BCUT2D eigenvalue weighted by Crippen LogP contribution is 2.15. The highest BCUT2D eigenvalue weighted by Gasteiger charge is 2.23. The second-order valence-electron chi connectivity index (χ2n) is 5.12. The van der Waals surface area contributed by atoms with Gasteiger partial charge in [-0.1, -0.05) is 0 Å². The summed E-state index contributed by atoms with van der Waals surface area (Å²) in [6, 6.07) is -0.0514. The van der Waals surface area contributed by atoms with Gasteiger partial charge in [-0.15, -0.1) is 0 Å². The van der Waals surface area contributed by atoms with E-state index >= 15 is 0 Å². The number of nitrogens with zero attached hydrogens (tertiary/aromatic N) is 2. The van der Waals surface area contributed by atoms with Gasteiger partial charge < -0.3 is 19.9 Å². The lowest BCUT2D eigenvalue weighted by atomic mass is 10.1. The zero-order valence-electron chi connectivity index (χ0n) is 11.5. The Balaban J connectivity index is 1.71. The van der Waals surface area contributed by atoms with E-state index in [1.807, 2.05) is 24.6 Å².